The van der Waals surface area contributed by atoms with Gasteiger partial charge in [-0.1, -0.05) is 51.0 Å². The summed E-state index contributed by atoms with van der Waals surface area (Å²) in [4.78, 5) is 14.7. The minimum absolute atomic E-state index is 0.0641. The van der Waals surface area contributed by atoms with Crippen molar-refractivity contribution in [3.63, 3.8) is 0 Å². The van der Waals surface area contributed by atoms with Crippen LogP contribution in [0.4, 0.5) is 0 Å². The smallest absolute Gasteiger partial charge is 0.254 e. The summed E-state index contributed by atoms with van der Waals surface area (Å²) in [6.07, 6.45) is 0.640. The second-order valence-electron chi connectivity index (χ2n) is 6.79. The van der Waals surface area contributed by atoms with Crippen LogP contribution in [0.3, 0.4) is 0 Å². The van der Waals surface area contributed by atoms with Crippen LogP contribution < -0.4 is 0 Å². The van der Waals surface area contributed by atoms with Crippen molar-refractivity contribution in [3.05, 3.63) is 35.4 Å². The van der Waals surface area contributed by atoms with Crippen molar-refractivity contribution in [1.29, 1.82) is 0 Å². The van der Waals surface area contributed by atoms with Crippen LogP contribution in [0.25, 0.3) is 0 Å². The van der Waals surface area contributed by atoms with Gasteiger partial charge in [0.15, 0.2) is 0 Å². The Morgan fingerprint density at radius 2 is 2.00 bits per heavy atom. The van der Waals surface area contributed by atoms with Gasteiger partial charge in [-0.2, -0.15) is 0 Å². The molecule has 1 amide bonds. The van der Waals surface area contributed by atoms with Gasteiger partial charge in [-0.15, -0.1) is 0 Å². The second-order valence-corrected chi connectivity index (χ2v) is 6.79. The molecule has 0 bridgehead atoms. The van der Waals surface area contributed by atoms with Crippen molar-refractivity contribution in [2.24, 2.45) is 11.1 Å². The van der Waals surface area contributed by atoms with E-state index in [4.69, 9.17) is 5.21 Å². The highest BCUT2D eigenvalue weighted by Crippen LogP contribution is 2.27. The predicted molar refractivity (Wildman–Crippen MR) is 84.0 cm³/mol. The summed E-state index contributed by atoms with van der Waals surface area (Å²) in [6, 6.07) is 7.83. The Morgan fingerprint density at radius 1 is 1.33 bits per heavy atom. The highest BCUT2D eigenvalue weighted by atomic mass is 16.4. The number of hydrogen-bond donors (Lipinski definition) is 1. The van der Waals surface area contributed by atoms with E-state index in [0.29, 0.717) is 19.5 Å². The van der Waals surface area contributed by atoms with Crippen LogP contribution >= 0.6 is 0 Å². The fraction of sp³-hybridized carbons (Fsp3) is 0.529. The number of rotatable bonds is 1. The molecule has 0 saturated carbocycles. The van der Waals surface area contributed by atoms with Crippen molar-refractivity contribution >= 4 is 11.6 Å². The fourth-order valence-corrected chi connectivity index (χ4v) is 2.85. The van der Waals surface area contributed by atoms with E-state index >= 15 is 0 Å². The zero-order valence-corrected chi connectivity index (χ0v) is 13.3. The molecule has 1 heterocycles. The van der Waals surface area contributed by atoms with E-state index in [9.17, 15) is 4.79 Å². The third-order valence-electron chi connectivity index (χ3n) is 4.08. The molecular formula is C17H24N2O2. The van der Waals surface area contributed by atoms with Crippen LogP contribution in [0.5, 0.6) is 0 Å². The van der Waals surface area contributed by atoms with Gasteiger partial charge in [0.05, 0.1) is 5.71 Å². The molecule has 1 atom stereocenters. The van der Waals surface area contributed by atoms with Crippen molar-refractivity contribution in [1.82, 2.24) is 4.90 Å². The number of oxime groups is 1. The average Bonchev–Trinajstić information content (AvgIpc) is 2.45. The van der Waals surface area contributed by atoms with Gasteiger partial charge in [-0.3, -0.25) is 4.79 Å². The number of amides is 1. The molecule has 0 radical (unpaired) electrons. The third-order valence-corrected chi connectivity index (χ3v) is 4.08. The normalized spacial score (nSPS) is 21.6. The molecule has 1 saturated heterocycles. The number of carbonyl (C=O) groups is 1. The maximum atomic E-state index is 12.8. The van der Waals surface area contributed by atoms with Gasteiger partial charge in [-0.25, -0.2) is 0 Å². The molecule has 4 nitrogen and oxygen atoms in total. The van der Waals surface area contributed by atoms with Gasteiger partial charge >= 0.3 is 0 Å². The molecule has 1 N–H and O–H groups in total. The average molecular weight is 288 g/mol. The van der Waals surface area contributed by atoms with Crippen molar-refractivity contribution in [2.75, 3.05) is 13.1 Å². The Balaban J connectivity index is 2.26. The molecule has 1 aromatic rings. The number of benzene rings is 1. The van der Waals surface area contributed by atoms with Gasteiger partial charge in [0.2, 0.25) is 0 Å². The molecule has 1 aromatic carbocycles. The molecule has 0 aliphatic carbocycles. The van der Waals surface area contributed by atoms with Crippen molar-refractivity contribution in [2.45, 2.75) is 39.5 Å². The van der Waals surface area contributed by atoms with Crippen LogP contribution in [-0.4, -0.2) is 34.8 Å². The monoisotopic (exact) mass is 288 g/mol. The quantitative estimate of drug-likeness (QED) is 0.637. The summed E-state index contributed by atoms with van der Waals surface area (Å²) < 4.78 is 0. The number of nitrogens with zero attached hydrogens (tertiary/aromatic N) is 2. The molecular weight excluding hydrogens is 264 g/mol. The highest BCUT2D eigenvalue weighted by Gasteiger charge is 2.29. The number of likely N-dealkylation sites (tertiary alicyclic amines) is 1. The SMILES string of the molecule is CC1CN(C(=O)c2ccccc2C(C)(C)C)CC/C1=N\O. The summed E-state index contributed by atoms with van der Waals surface area (Å²) in [5, 5.41) is 12.3. The summed E-state index contributed by atoms with van der Waals surface area (Å²) >= 11 is 0. The van der Waals surface area contributed by atoms with Crippen LogP contribution in [-0.2, 0) is 5.41 Å². The molecule has 114 valence electrons. The fourth-order valence-electron chi connectivity index (χ4n) is 2.85. The summed E-state index contributed by atoms with van der Waals surface area (Å²) in [7, 11) is 0. The number of piperidine rings is 1. The molecule has 1 aliphatic rings. The van der Waals surface area contributed by atoms with E-state index < -0.39 is 0 Å². The minimum atomic E-state index is -0.0641. The molecule has 0 aromatic heterocycles. The van der Waals surface area contributed by atoms with Crippen LogP contribution in [0, 0.1) is 5.92 Å². The van der Waals surface area contributed by atoms with E-state index in [2.05, 4.69) is 25.9 Å². The predicted octanol–water partition coefficient (Wildman–Crippen LogP) is 3.30. The topological polar surface area (TPSA) is 52.9 Å². The second kappa shape index (κ2) is 5.88. The van der Waals surface area contributed by atoms with Crippen LogP contribution in [0.1, 0.15) is 50.0 Å². The first kappa shape index (κ1) is 15.5. The largest absolute Gasteiger partial charge is 0.411 e. The summed E-state index contributed by atoms with van der Waals surface area (Å²) in [5.41, 5.74) is 2.57. The zero-order chi connectivity index (χ0) is 15.6. The molecule has 21 heavy (non-hydrogen) atoms. The van der Waals surface area contributed by atoms with E-state index in [1.54, 1.807) is 0 Å². The number of hydrogen-bond acceptors (Lipinski definition) is 3. The maximum absolute atomic E-state index is 12.8. The van der Waals surface area contributed by atoms with Crippen LogP contribution in [0.15, 0.2) is 29.4 Å². The lowest BCUT2D eigenvalue weighted by molar-refractivity contribution is 0.0731. The van der Waals surface area contributed by atoms with Gasteiger partial charge in [0.25, 0.3) is 5.91 Å². The third kappa shape index (κ3) is 3.26. The summed E-state index contributed by atoms with van der Waals surface area (Å²) in [5.74, 6) is 0.180. The molecule has 1 fully saturated rings. The lowest BCUT2D eigenvalue weighted by Gasteiger charge is -2.33. The lowest BCUT2D eigenvalue weighted by atomic mass is 9.83. The summed E-state index contributed by atoms with van der Waals surface area (Å²) in [6.45, 7) is 9.57. The van der Waals surface area contributed by atoms with E-state index in [1.807, 2.05) is 36.1 Å². The maximum Gasteiger partial charge on any atom is 0.254 e. The Hall–Kier alpha value is -1.84. The molecule has 2 rings (SSSR count). The Labute approximate surface area is 126 Å². The Morgan fingerprint density at radius 3 is 2.57 bits per heavy atom. The van der Waals surface area contributed by atoms with E-state index in [0.717, 1.165) is 16.8 Å². The number of carbonyl (C=O) groups excluding carboxylic acids is 1. The molecule has 1 aliphatic heterocycles. The van der Waals surface area contributed by atoms with Crippen molar-refractivity contribution < 1.29 is 10.0 Å². The van der Waals surface area contributed by atoms with Gasteiger partial charge in [-0.05, 0) is 17.0 Å². The minimum Gasteiger partial charge on any atom is -0.411 e. The van der Waals surface area contributed by atoms with Gasteiger partial charge in [0, 0.05) is 31.0 Å². The first-order valence-corrected chi connectivity index (χ1v) is 7.44. The first-order valence-electron chi connectivity index (χ1n) is 7.44. The zero-order valence-electron chi connectivity index (χ0n) is 13.3. The Bertz CT molecular complexity index is 558. The standard InChI is InChI=1S/C17H24N2O2/c1-12-11-19(10-9-15(12)18-21)16(20)13-7-5-6-8-14(13)17(2,3)4/h5-8,12,21H,9-11H2,1-4H3/b18-15+. The van der Waals surface area contributed by atoms with Crippen molar-refractivity contribution in [3.8, 4) is 0 Å². The first-order chi connectivity index (χ1) is 9.84. The lowest BCUT2D eigenvalue weighted by Crippen LogP contribution is -2.43. The molecule has 0 spiro atoms. The van der Waals surface area contributed by atoms with Gasteiger partial charge < -0.3 is 10.1 Å². The molecule has 4 heteroatoms. The highest BCUT2D eigenvalue weighted by molar-refractivity contribution is 5.97. The molecule has 1 unspecified atom stereocenters. The van der Waals surface area contributed by atoms with Gasteiger partial charge in [0.1, 0.15) is 0 Å². The van der Waals surface area contributed by atoms with E-state index in [1.165, 1.54) is 0 Å². The van der Waals surface area contributed by atoms with E-state index in [-0.39, 0.29) is 17.2 Å². The Kier molecular flexibility index (Phi) is 4.35. The van der Waals surface area contributed by atoms with Crippen LogP contribution in [0.2, 0.25) is 0 Å².